The summed E-state index contributed by atoms with van der Waals surface area (Å²) in [5.41, 5.74) is 1.19. The van der Waals surface area contributed by atoms with Crippen molar-refractivity contribution >= 4 is 23.2 Å². The molecule has 24 heavy (non-hydrogen) atoms. The first-order valence-electron chi connectivity index (χ1n) is 8.34. The average molecular weight is 349 g/mol. The molecule has 7 heteroatoms. The monoisotopic (exact) mass is 348 g/mol. The number of hydrogen-bond donors (Lipinski definition) is 0. The third-order valence-electron chi connectivity index (χ3n) is 4.97. The van der Waals surface area contributed by atoms with Gasteiger partial charge in [-0.05, 0) is 25.6 Å². The predicted octanol–water partition coefficient (Wildman–Crippen LogP) is 1.78. The van der Waals surface area contributed by atoms with Gasteiger partial charge in [-0.1, -0.05) is 11.6 Å². The SMILES string of the molecule is CN1CCOC2CN(C(=O)c3cn4cc(Cl)ccc4n3)CCC2C1. The number of imidazole rings is 1. The maximum atomic E-state index is 12.8. The van der Waals surface area contributed by atoms with E-state index >= 15 is 0 Å². The Kier molecular flexibility index (Phi) is 4.20. The van der Waals surface area contributed by atoms with Crippen molar-refractivity contribution in [2.45, 2.75) is 12.5 Å². The maximum absolute atomic E-state index is 12.8. The van der Waals surface area contributed by atoms with E-state index in [2.05, 4.69) is 16.9 Å². The lowest BCUT2D eigenvalue weighted by molar-refractivity contribution is -0.0172. The molecular formula is C17H21ClN4O2. The van der Waals surface area contributed by atoms with Gasteiger partial charge in [0, 0.05) is 44.5 Å². The molecule has 4 rings (SSSR count). The highest BCUT2D eigenvalue weighted by molar-refractivity contribution is 6.30. The molecule has 4 heterocycles. The molecule has 0 aliphatic carbocycles. The van der Waals surface area contributed by atoms with Crippen LogP contribution in [0.1, 0.15) is 16.9 Å². The van der Waals surface area contributed by atoms with Gasteiger partial charge in [0.05, 0.1) is 17.7 Å². The van der Waals surface area contributed by atoms with E-state index in [0.717, 1.165) is 38.3 Å². The molecule has 2 aliphatic heterocycles. The number of ether oxygens (including phenoxy) is 1. The van der Waals surface area contributed by atoms with E-state index in [1.165, 1.54) is 0 Å². The number of likely N-dealkylation sites (N-methyl/N-ethyl adjacent to an activating group) is 1. The molecule has 0 radical (unpaired) electrons. The number of hydrogen-bond acceptors (Lipinski definition) is 4. The zero-order valence-corrected chi connectivity index (χ0v) is 14.4. The third-order valence-corrected chi connectivity index (χ3v) is 5.19. The Balaban J connectivity index is 1.51. The number of aromatic nitrogens is 2. The van der Waals surface area contributed by atoms with Gasteiger partial charge < -0.3 is 18.9 Å². The first-order valence-corrected chi connectivity index (χ1v) is 8.71. The van der Waals surface area contributed by atoms with Crippen molar-refractivity contribution in [2.24, 2.45) is 5.92 Å². The van der Waals surface area contributed by atoms with Crippen LogP contribution < -0.4 is 0 Å². The first-order chi connectivity index (χ1) is 11.6. The number of nitrogens with zero attached hydrogens (tertiary/aromatic N) is 4. The number of carbonyl (C=O) groups excluding carboxylic acids is 1. The number of rotatable bonds is 1. The topological polar surface area (TPSA) is 50.1 Å². The van der Waals surface area contributed by atoms with Crippen molar-refractivity contribution in [3.63, 3.8) is 0 Å². The van der Waals surface area contributed by atoms with E-state index in [1.807, 2.05) is 11.0 Å². The minimum atomic E-state index is -0.0329. The van der Waals surface area contributed by atoms with Gasteiger partial charge in [-0.25, -0.2) is 4.98 Å². The average Bonchev–Trinajstić information content (AvgIpc) is 2.89. The minimum Gasteiger partial charge on any atom is -0.375 e. The van der Waals surface area contributed by atoms with Crippen LogP contribution >= 0.6 is 11.6 Å². The summed E-state index contributed by atoms with van der Waals surface area (Å²) >= 11 is 6.00. The van der Waals surface area contributed by atoms with Gasteiger partial charge >= 0.3 is 0 Å². The lowest BCUT2D eigenvalue weighted by Crippen LogP contribution is -2.49. The van der Waals surface area contributed by atoms with Crippen LogP contribution in [0.3, 0.4) is 0 Å². The molecule has 0 aromatic carbocycles. The normalized spacial score (nSPS) is 25.5. The fourth-order valence-corrected chi connectivity index (χ4v) is 3.80. The number of halogens is 1. The second kappa shape index (κ2) is 6.35. The quantitative estimate of drug-likeness (QED) is 0.788. The molecule has 2 saturated heterocycles. The summed E-state index contributed by atoms with van der Waals surface area (Å²) < 4.78 is 7.78. The number of fused-ring (bicyclic) bond motifs is 2. The Bertz CT molecular complexity index is 762. The highest BCUT2D eigenvalue weighted by atomic mass is 35.5. The number of piperidine rings is 1. The maximum Gasteiger partial charge on any atom is 0.274 e. The van der Waals surface area contributed by atoms with Crippen LogP contribution in [0.4, 0.5) is 0 Å². The van der Waals surface area contributed by atoms with E-state index < -0.39 is 0 Å². The largest absolute Gasteiger partial charge is 0.375 e. The lowest BCUT2D eigenvalue weighted by Gasteiger charge is -2.37. The van der Waals surface area contributed by atoms with Gasteiger partial charge in [-0.15, -0.1) is 0 Å². The highest BCUT2D eigenvalue weighted by Gasteiger charge is 2.35. The minimum absolute atomic E-state index is 0.0329. The molecular weight excluding hydrogens is 328 g/mol. The van der Waals surface area contributed by atoms with Crippen LogP contribution in [-0.4, -0.2) is 71.0 Å². The first kappa shape index (κ1) is 15.9. The molecule has 0 spiro atoms. The van der Waals surface area contributed by atoms with E-state index in [0.29, 0.717) is 23.2 Å². The second-order valence-electron chi connectivity index (χ2n) is 6.71. The van der Waals surface area contributed by atoms with Crippen LogP contribution in [0.15, 0.2) is 24.5 Å². The van der Waals surface area contributed by atoms with Gasteiger partial charge in [0.2, 0.25) is 0 Å². The van der Waals surface area contributed by atoms with Crippen molar-refractivity contribution in [1.82, 2.24) is 19.2 Å². The summed E-state index contributed by atoms with van der Waals surface area (Å²) in [5.74, 6) is 0.468. The Morgan fingerprint density at radius 3 is 3.04 bits per heavy atom. The molecule has 2 aromatic heterocycles. The molecule has 2 unspecified atom stereocenters. The molecule has 2 fully saturated rings. The Labute approximate surface area is 146 Å². The van der Waals surface area contributed by atoms with E-state index in [4.69, 9.17) is 16.3 Å². The van der Waals surface area contributed by atoms with Crippen LogP contribution in [-0.2, 0) is 4.74 Å². The molecule has 2 aliphatic rings. The van der Waals surface area contributed by atoms with Crippen LogP contribution in [0.5, 0.6) is 0 Å². The van der Waals surface area contributed by atoms with E-state index in [9.17, 15) is 4.79 Å². The summed E-state index contributed by atoms with van der Waals surface area (Å²) in [4.78, 5) is 21.4. The zero-order valence-electron chi connectivity index (χ0n) is 13.7. The molecule has 2 atom stereocenters. The van der Waals surface area contributed by atoms with Crippen LogP contribution in [0, 0.1) is 5.92 Å². The summed E-state index contributed by atoms with van der Waals surface area (Å²) in [5, 5.41) is 0.621. The molecule has 0 bridgehead atoms. The number of pyridine rings is 1. The van der Waals surface area contributed by atoms with Crippen LogP contribution in [0.2, 0.25) is 5.02 Å². The third kappa shape index (κ3) is 3.01. The molecule has 0 N–H and O–H groups in total. The van der Waals surface area contributed by atoms with E-state index in [-0.39, 0.29) is 12.0 Å². The van der Waals surface area contributed by atoms with Gasteiger partial charge in [-0.2, -0.15) is 0 Å². The van der Waals surface area contributed by atoms with Crippen molar-refractivity contribution in [3.8, 4) is 0 Å². The lowest BCUT2D eigenvalue weighted by atomic mass is 9.93. The Morgan fingerprint density at radius 2 is 2.17 bits per heavy atom. The van der Waals surface area contributed by atoms with Crippen LogP contribution in [0.25, 0.3) is 5.65 Å². The molecule has 128 valence electrons. The number of likely N-dealkylation sites (tertiary alicyclic amines) is 1. The molecule has 1 amide bonds. The smallest absolute Gasteiger partial charge is 0.274 e. The van der Waals surface area contributed by atoms with Gasteiger partial charge in [0.1, 0.15) is 11.3 Å². The fraction of sp³-hybridized carbons (Fsp3) is 0.529. The number of amides is 1. The van der Waals surface area contributed by atoms with Gasteiger partial charge in [-0.3, -0.25) is 4.79 Å². The fourth-order valence-electron chi connectivity index (χ4n) is 3.63. The number of carbonyl (C=O) groups is 1. The standard InChI is InChI=1S/C17H21ClN4O2/c1-20-6-7-24-15-11-21(5-4-12(15)8-20)17(23)14-10-22-9-13(18)2-3-16(22)19-14/h2-3,9-10,12,15H,4-8,11H2,1H3. The second-order valence-corrected chi connectivity index (χ2v) is 7.15. The summed E-state index contributed by atoms with van der Waals surface area (Å²) in [6.07, 6.45) is 4.60. The van der Waals surface area contributed by atoms with Gasteiger partial charge in [0.15, 0.2) is 0 Å². The summed E-state index contributed by atoms with van der Waals surface area (Å²) in [6.45, 7) is 4.12. The highest BCUT2D eigenvalue weighted by Crippen LogP contribution is 2.24. The van der Waals surface area contributed by atoms with Crippen molar-refractivity contribution in [3.05, 3.63) is 35.2 Å². The van der Waals surface area contributed by atoms with Crippen molar-refractivity contribution in [1.29, 1.82) is 0 Å². The Hall–Kier alpha value is -1.63. The molecule has 6 nitrogen and oxygen atoms in total. The van der Waals surface area contributed by atoms with E-state index in [1.54, 1.807) is 22.9 Å². The zero-order chi connectivity index (χ0) is 16.7. The Morgan fingerprint density at radius 1 is 1.29 bits per heavy atom. The van der Waals surface area contributed by atoms with Gasteiger partial charge in [0.25, 0.3) is 5.91 Å². The molecule has 0 saturated carbocycles. The van der Waals surface area contributed by atoms with Crippen molar-refractivity contribution in [2.75, 3.05) is 39.8 Å². The summed E-state index contributed by atoms with van der Waals surface area (Å²) in [7, 11) is 2.13. The molecule has 2 aromatic rings. The summed E-state index contributed by atoms with van der Waals surface area (Å²) in [6, 6.07) is 3.59. The van der Waals surface area contributed by atoms with Crippen molar-refractivity contribution < 1.29 is 9.53 Å². The predicted molar refractivity (Wildman–Crippen MR) is 91.4 cm³/mol.